The van der Waals surface area contributed by atoms with Crippen LogP contribution in [0.15, 0.2) is 16.7 Å². The van der Waals surface area contributed by atoms with Gasteiger partial charge in [0.1, 0.15) is 22.4 Å². The highest BCUT2D eigenvalue weighted by molar-refractivity contribution is 6.07. The molecule has 1 amide bonds. The Labute approximate surface area is 134 Å². The van der Waals surface area contributed by atoms with Gasteiger partial charge in [-0.1, -0.05) is 0 Å². The number of carboxylic acids is 1. The van der Waals surface area contributed by atoms with Gasteiger partial charge in [-0.2, -0.15) is 8.78 Å². The quantitative estimate of drug-likeness (QED) is 0.873. The number of nitrogens with one attached hydrogen (secondary N) is 1. The van der Waals surface area contributed by atoms with E-state index in [4.69, 9.17) is 9.15 Å². The van der Waals surface area contributed by atoms with Crippen LogP contribution in [0.4, 0.5) is 19.5 Å². The average molecular weight is 344 g/mol. The van der Waals surface area contributed by atoms with Gasteiger partial charge < -0.3 is 19.0 Å². The molecule has 0 aliphatic rings. The summed E-state index contributed by atoms with van der Waals surface area (Å²) in [6.07, 6.45) is -0.0126. The number of fused-ring (bicyclic) bond motifs is 1. The number of carboxylic acid groups (broad SMARTS) is 1. The number of anilines is 1. The van der Waals surface area contributed by atoms with Crippen molar-refractivity contribution in [3.63, 3.8) is 0 Å². The summed E-state index contributed by atoms with van der Waals surface area (Å²) in [5, 5.41) is 11.4. The Morgan fingerprint density at radius 3 is 2.58 bits per heavy atom. The Morgan fingerprint density at radius 2 is 2.04 bits per heavy atom. The van der Waals surface area contributed by atoms with Crippen LogP contribution in [0.25, 0.3) is 11.1 Å². The zero-order chi connectivity index (χ0) is 18.1. The predicted octanol–water partition coefficient (Wildman–Crippen LogP) is 3.47. The number of carbonyl (C=O) groups is 2. The standard InChI is InChI=1S/C14H14F2N2O6/c1-14(2,3)24-13(21)18-10-8(11(19)20)9-7(23-10)4-6(5-17-9)22-12(15)16/h4-5,12H,1-3H3,(H,18,21)(H,19,20). The molecule has 0 radical (unpaired) electrons. The van der Waals surface area contributed by atoms with E-state index in [1.165, 1.54) is 0 Å². The van der Waals surface area contributed by atoms with Crippen LogP contribution in [-0.2, 0) is 4.74 Å². The van der Waals surface area contributed by atoms with Crippen LogP contribution in [0.1, 0.15) is 31.1 Å². The lowest BCUT2D eigenvalue weighted by molar-refractivity contribution is -0.0500. The topological polar surface area (TPSA) is 111 Å². The van der Waals surface area contributed by atoms with Crippen molar-refractivity contribution in [3.8, 4) is 5.75 Å². The molecule has 0 atom stereocenters. The van der Waals surface area contributed by atoms with Crippen molar-refractivity contribution in [1.82, 2.24) is 4.98 Å². The third kappa shape index (κ3) is 4.09. The molecule has 0 saturated carbocycles. The average Bonchev–Trinajstić information content (AvgIpc) is 2.72. The number of aromatic nitrogens is 1. The highest BCUT2D eigenvalue weighted by atomic mass is 19.3. The van der Waals surface area contributed by atoms with Crippen LogP contribution in [0.3, 0.4) is 0 Å². The van der Waals surface area contributed by atoms with Crippen molar-refractivity contribution < 1.29 is 37.4 Å². The first kappa shape index (κ1) is 17.4. The molecule has 2 N–H and O–H groups in total. The molecule has 10 heteroatoms. The molecule has 0 bridgehead atoms. The maximum absolute atomic E-state index is 12.2. The number of hydrogen-bond acceptors (Lipinski definition) is 6. The Hall–Kier alpha value is -2.91. The lowest BCUT2D eigenvalue weighted by atomic mass is 10.2. The Morgan fingerprint density at radius 1 is 1.38 bits per heavy atom. The van der Waals surface area contributed by atoms with Crippen LogP contribution in [0.5, 0.6) is 5.75 Å². The van der Waals surface area contributed by atoms with Crippen molar-refractivity contribution in [3.05, 3.63) is 17.8 Å². The Balaban J connectivity index is 2.39. The molecule has 2 aromatic heterocycles. The van der Waals surface area contributed by atoms with E-state index in [2.05, 4.69) is 15.0 Å². The fourth-order valence-electron chi connectivity index (χ4n) is 1.81. The molecule has 0 aromatic carbocycles. The maximum atomic E-state index is 12.2. The third-order valence-electron chi connectivity index (χ3n) is 2.56. The molecule has 2 aromatic rings. The molecule has 0 spiro atoms. The van der Waals surface area contributed by atoms with Crippen LogP contribution in [-0.4, -0.2) is 34.4 Å². The van der Waals surface area contributed by atoms with Gasteiger partial charge >= 0.3 is 18.7 Å². The maximum Gasteiger partial charge on any atom is 0.414 e. The van der Waals surface area contributed by atoms with Crippen LogP contribution in [0, 0.1) is 0 Å². The molecular formula is C14H14F2N2O6. The number of rotatable bonds is 4. The zero-order valence-electron chi connectivity index (χ0n) is 12.9. The van der Waals surface area contributed by atoms with Gasteiger partial charge in [-0.05, 0) is 20.8 Å². The van der Waals surface area contributed by atoms with Crippen molar-refractivity contribution in [2.75, 3.05) is 5.32 Å². The number of halogens is 2. The second-order valence-corrected chi connectivity index (χ2v) is 5.63. The fourth-order valence-corrected chi connectivity index (χ4v) is 1.81. The van der Waals surface area contributed by atoms with Gasteiger partial charge in [0.05, 0.1) is 6.20 Å². The Bertz CT molecular complexity index is 781. The minimum atomic E-state index is -3.07. The van der Waals surface area contributed by atoms with Gasteiger partial charge in [0.25, 0.3) is 0 Å². The van der Waals surface area contributed by atoms with E-state index in [1.807, 2.05) is 0 Å². The summed E-state index contributed by atoms with van der Waals surface area (Å²) in [7, 11) is 0. The van der Waals surface area contributed by atoms with Crippen LogP contribution >= 0.6 is 0 Å². The number of alkyl halides is 2. The zero-order valence-corrected chi connectivity index (χ0v) is 12.9. The van der Waals surface area contributed by atoms with E-state index in [0.717, 1.165) is 12.3 Å². The number of carbonyl (C=O) groups excluding carboxylic acids is 1. The van der Waals surface area contributed by atoms with Gasteiger partial charge in [-0.15, -0.1) is 0 Å². The van der Waals surface area contributed by atoms with E-state index in [-0.39, 0.29) is 16.8 Å². The van der Waals surface area contributed by atoms with Crippen molar-refractivity contribution in [2.45, 2.75) is 33.0 Å². The van der Waals surface area contributed by atoms with E-state index < -0.39 is 35.7 Å². The second-order valence-electron chi connectivity index (χ2n) is 5.63. The smallest absolute Gasteiger partial charge is 0.414 e. The monoisotopic (exact) mass is 344 g/mol. The highest BCUT2D eigenvalue weighted by Gasteiger charge is 2.26. The molecule has 0 unspecified atom stereocenters. The van der Waals surface area contributed by atoms with Crippen LogP contribution in [0.2, 0.25) is 0 Å². The molecule has 2 rings (SSSR count). The number of aromatic carboxylic acids is 1. The molecule has 0 fully saturated rings. The van der Waals surface area contributed by atoms with Gasteiger partial charge in [-0.3, -0.25) is 5.32 Å². The summed E-state index contributed by atoms with van der Waals surface area (Å²) in [6, 6.07) is 1.04. The minimum Gasteiger partial charge on any atom is -0.477 e. The minimum absolute atomic E-state index is 0.129. The lowest BCUT2D eigenvalue weighted by Gasteiger charge is -2.19. The summed E-state index contributed by atoms with van der Waals surface area (Å²) < 4.78 is 38.8. The largest absolute Gasteiger partial charge is 0.477 e. The first-order valence-corrected chi connectivity index (χ1v) is 6.67. The van der Waals surface area contributed by atoms with Gasteiger partial charge in [-0.25, -0.2) is 14.6 Å². The van der Waals surface area contributed by atoms with E-state index in [0.29, 0.717) is 0 Å². The molecule has 0 saturated heterocycles. The number of hydrogen-bond donors (Lipinski definition) is 2. The fraction of sp³-hybridized carbons (Fsp3) is 0.357. The number of amides is 1. The summed E-state index contributed by atoms with van der Waals surface area (Å²) >= 11 is 0. The second kappa shape index (κ2) is 6.30. The summed E-state index contributed by atoms with van der Waals surface area (Å²) in [5.74, 6) is -2.16. The third-order valence-corrected chi connectivity index (χ3v) is 2.56. The van der Waals surface area contributed by atoms with E-state index in [9.17, 15) is 23.5 Å². The predicted molar refractivity (Wildman–Crippen MR) is 77.5 cm³/mol. The van der Waals surface area contributed by atoms with Crippen molar-refractivity contribution in [1.29, 1.82) is 0 Å². The molecular weight excluding hydrogens is 330 g/mol. The highest BCUT2D eigenvalue weighted by Crippen LogP contribution is 2.31. The molecule has 0 aliphatic carbocycles. The summed E-state index contributed by atoms with van der Waals surface area (Å²) in [4.78, 5) is 26.9. The normalized spacial score (nSPS) is 11.6. The van der Waals surface area contributed by atoms with Gasteiger partial charge in [0.15, 0.2) is 5.58 Å². The van der Waals surface area contributed by atoms with Crippen molar-refractivity contribution >= 4 is 29.0 Å². The SMILES string of the molecule is CC(C)(C)OC(=O)Nc1oc2cc(OC(F)F)cnc2c1C(=O)O. The number of ether oxygens (including phenoxy) is 2. The first-order chi connectivity index (χ1) is 11.1. The number of nitrogens with zero attached hydrogens (tertiary/aromatic N) is 1. The molecule has 130 valence electrons. The van der Waals surface area contributed by atoms with E-state index in [1.54, 1.807) is 20.8 Å². The van der Waals surface area contributed by atoms with Crippen LogP contribution < -0.4 is 10.1 Å². The van der Waals surface area contributed by atoms with Gasteiger partial charge in [0, 0.05) is 6.07 Å². The number of pyridine rings is 1. The van der Waals surface area contributed by atoms with Gasteiger partial charge in [0.2, 0.25) is 5.88 Å². The molecule has 2 heterocycles. The molecule has 0 aliphatic heterocycles. The Kier molecular flexibility index (Phi) is 4.58. The number of furan rings is 1. The summed E-state index contributed by atoms with van der Waals surface area (Å²) in [5.41, 5.74) is -1.51. The molecule has 24 heavy (non-hydrogen) atoms. The first-order valence-electron chi connectivity index (χ1n) is 6.67. The van der Waals surface area contributed by atoms with E-state index >= 15 is 0 Å². The summed E-state index contributed by atoms with van der Waals surface area (Å²) in [6.45, 7) is 1.80. The van der Waals surface area contributed by atoms with Crippen molar-refractivity contribution in [2.24, 2.45) is 0 Å². The lowest BCUT2D eigenvalue weighted by Crippen LogP contribution is -2.27. The molecule has 8 nitrogen and oxygen atoms in total.